The van der Waals surface area contributed by atoms with E-state index in [2.05, 4.69) is 35.8 Å². The molecule has 1 aliphatic heterocycles. The Labute approximate surface area is 91.2 Å². The van der Waals surface area contributed by atoms with Crippen molar-refractivity contribution in [3.8, 4) is 5.75 Å². The van der Waals surface area contributed by atoms with Crippen LogP contribution in [0.4, 0.5) is 0 Å². The Morgan fingerprint density at radius 2 is 2.15 bits per heavy atom. The molecule has 0 saturated heterocycles. The molecule has 0 spiro atoms. The molecule has 0 bridgehead atoms. The van der Waals surface area contributed by atoms with Crippen molar-refractivity contribution in [2.75, 3.05) is 0 Å². The molecular formula is C10H10BrClO. The lowest BCUT2D eigenvalue weighted by Crippen LogP contribution is -2.24. The molecule has 1 nitrogen and oxygen atoms in total. The van der Waals surface area contributed by atoms with Gasteiger partial charge in [-0.1, -0.05) is 27.5 Å². The highest BCUT2D eigenvalue weighted by molar-refractivity contribution is 9.10. The zero-order chi connectivity index (χ0) is 9.64. The Morgan fingerprint density at radius 3 is 2.85 bits per heavy atom. The number of hydrogen-bond acceptors (Lipinski definition) is 1. The first-order chi connectivity index (χ1) is 5.98. The summed E-state index contributed by atoms with van der Waals surface area (Å²) in [6, 6.07) is 3.93. The molecule has 0 saturated carbocycles. The van der Waals surface area contributed by atoms with E-state index in [0.717, 1.165) is 16.6 Å². The summed E-state index contributed by atoms with van der Waals surface area (Å²) in [7, 11) is 0. The van der Waals surface area contributed by atoms with Gasteiger partial charge in [0.1, 0.15) is 11.4 Å². The molecule has 1 aliphatic rings. The molecule has 1 aromatic carbocycles. The summed E-state index contributed by atoms with van der Waals surface area (Å²) in [6.07, 6.45) is 0.918. The third-order valence-electron chi connectivity index (χ3n) is 2.08. The van der Waals surface area contributed by atoms with E-state index >= 15 is 0 Å². The average Bonchev–Trinajstić information content (AvgIpc) is 2.23. The van der Waals surface area contributed by atoms with Crippen LogP contribution in [0, 0.1) is 0 Å². The lowest BCUT2D eigenvalue weighted by atomic mass is 10.0. The molecule has 2 rings (SSSR count). The van der Waals surface area contributed by atoms with Crippen LogP contribution < -0.4 is 4.74 Å². The minimum Gasteiger partial charge on any atom is -0.486 e. The van der Waals surface area contributed by atoms with Gasteiger partial charge in [0.05, 0.1) is 5.02 Å². The summed E-state index contributed by atoms with van der Waals surface area (Å²) in [5.41, 5.74) is 1.07. The molecule has 0 atom stereocenters. The lowest BCUT2D eigenvalue weighted by Gasteiger charge is -2.17. The predicted molar refractivity (Wildman–Crippen MR) is 57.6 cm³/mol. The summed E-state index contributed by atoms with van der Waals surface area (Å²) in [6.45, 7) is 4.13. The fourth-order valence-electron chi connectivity index (χ4n) is 1.63. The van der Waals surface area contributed by atoms with Gasteiger partial charge in [0.25, 0.3) is 0 Å². The topological polar surface area (TPSA) is 9.23 Å². The highest BCUT2D eigenvalue weighted by Crippen LogP contribution is 2.41. The van der Waals surface area contributed by atoms with Crippen molar-refractivity contribution in [3.63, 3.8) is 0 Å². The van der Waals surface area contributed by atoms with Gasteiger partial charge in [0.15, 0.2) is 0 Å². The molecule has 0 amide bonds. The van der Waals surface area contributed by atoms with Crippen molar-refractivity contribution >= 4 is 27.5 Å². The Kier molecular flexibility index (Phi) is 2.08. The van der Waals surface area contributed by atoms with Gasteiger partial charge in [0.2, 0.25) is 0 Å². The lowest BCUT2D eigenvalue weighted by molar-refractivity contribution is 0.138. The van der Waals surface area contributed by atoms with Gasteiger partial charge in [-0.15, -0.1) is 0 Å². The maximum atomic E-state index is 6.05. The van der Waals surface area contributed by atoms with Crippen LogP contribution in [0.25, 0.3) is 0 Å². The van der Waals surface area contributed by atoms with Crippen LogP contribution >= 0.6 is 27.5 Å². The molecule has 0 fully saturated rings. The number of fused-ring (bicyclic) bond motifs is 1. The van der Waals surface area contributed by atoms with Gasteiger partial charge in [-0.2, -0.15) is 0 Å². The van der Waals surface area contributed by atoms with Crippen LogP contribution in [-0.4, -0.2) is 5.60 Å². The van der Waals surface area contributed by atoms with Gasteiger partial charge in [0, 0.05) is 16.5 Å². The van der Waals surface area contributed by atoms with Gasteiger partial charge < -0.3 is 4.74 Å². The van der Waals surface area contributed by atoms with Crippen LogP contribution in [0.3, 0.4) is 0 Å². The minimum atomic E-state index is -0.118. The number of ether oxygens (including phenoxy) is 1. The van der Waals surface area contributed by atoms with E-state index < -0.39 is 0 Å². The van der Waals surface area contributed by atoms with Crippen LogP contribution in [-0.2, 0) is 6.42 Å². The van der Waals surface area contributed by atoms with Crippen molar-refractivity contribution < 1.29 is 4.74 Å². The maximum absolute atomic E-state index is 6.05. The Morgan fingerprint density at radius 1 is 1.46 bits per heavy atom. The summed E-state index contributed by atoms with van der Waals surface area (Å²) in [4.78, 5) is 0. The van der Waals surface area contributed by atoms with E-state index in [-0.39, 0.29) is 5.60 Å². The molecule has 1 aromatic rings. The molecular weight excluding hydrogens is 251 g/mol. The first-order valence-electron chi connectivity index (χ1n) is 4.15. The molecule has 0 N–H and O–H groups in total. The Balaban J connectivity index is 2.52. The second kappa shape index (κ2) is 2.89. The summed E-state index contributed by atoms with van der Waals surface area (Å²) in [5.74, 6) is 0.842. The molecule has 3 heteroatoms. The van der Waals surface area contributed by atoms with Gasteiger partial charge in [-0.25, -0.2) is 0 Å². The van der Waals surface area contributed by atoms with Gasteiger partial charge >= 0.3 is 0 Å². The van der Waals surface area contributed by atoms with E-state index in [1.807, 2.05) is 6.07 Å². The molecule has 0 aliphatic carbocycles. The number of benzene rings is 1. The van der Waals surface area contributed by atoms with E-state index in [1.54, 1.807) is 0 Å². The normalized spacial score (nSPS) is 18.2. The zero-order valence-corrected chi connectivity index (χ0v) is 9.87. The molecule has 1 heterocycles. The largest absolute Gasteiger partial charge is 0.486 e. The fraction of sp³-hybridized carbons (Fsp3) is 0.400. The third-order valence-corrected chi connectivity index (χ3v) is 2.82. The van der Waals surface area contributed by atoms with Crippen LogP contribution in [0.1, 0.15) is 19.4 Å². The Hall–Kier alpha value is -0.210. The summed E-state index contributed by atoms with van der Waals surface area (Å²) in [5, 5.41) is 0.690. The molecule has 0 aromatic heterocycles. The average molecular weight is 262 g/mol. The third kappa shape index (κ3) is 1.70. The second-order valence-electron chi connectivity index (χ2n) is 3.91. The van der Waals surface area contributed by atoms with Crippen molar-refractivity contribution in [1.82, 2.24) is 0 Å². The zero-order valence-electron chi connectivity index (χ0n) is 7.53. The van der Waals surface area contributed by atoms with Gasteiger partial charge in [-0.3, -0.25) is 0 Å². The Bertz CT molecular complexity index is 360. The first-order valence-corrected chi connectivity index (χ1v) is 5.32. The van der Waals surface area contributed by atoms with Crippen LogP contribution in [0.5, 0.6) is 5.75 Å². The number of hydrogen-bond donors (Lipinski definition) is 0. The molecule has 0 unspecified atom stereocenters. The van der Waals surface area contributed by atoms with Crippen molar-refractivity contribution in [1.29, 1.82) is 0 Å². The molecule has 0 radical (unpaired) electrons. The standard InChI is InChI=1S/C10H10BrClO/c1-10(2)5-6-3-7(11)4-8(12)9(6)13-10/h3-4H,5H2,1-2H3. The summed E-state index contributed by atoms with van der Waals surface area (Å²) >= 11 is 9.46. The highest BCUT2D eigenvalue weighted by atomic mass is 79.9. The second-order valence-corrected chi connectivity index (χ2v) is 5.24. The van der Waals surface area contributed by atoms with E-state index in [1.165, 1.54) is 5.56 Å². The van der Waals surface area contributed by atoms with E-state index in [0.29, 0.717) is 5.02 Å². The van der Waals surface area contributed by atoms with Crippen molar-refractivity contribution in [2.24, 2.45) is 0 Å². The van der Waals surface area contributed by atoms with Crippen molar-refractivity contribution in [3.05, 3.63) is 27.2 Å². The maximum Gasteiger partial charge on any atom is 0.142 e. The SMILES string of the molecule is CC1(C)Cc2cc(Br)cc(Cl)c2O1. The smallest absolute Gasteiger partial charge is 0.142 e. The monoisotopic (exact) mass is 260 g/mol. The minimum absolute atomic E-state index is 0.118. The van der Waals surface area contributed by atoms with Crippen LogP contribution in [0.15, 0.2) is 16.6 Å². The quantitative estimate of drug-likeness (QED) is 0.690. The summed E-state index contributed by atoms with van der Waals surface area (Å²) < 4.78 is 6.74. The van der Waals surface area contributed by atoms with Crippen molar-refractivity contribution in [2.45, 2.75) is 25.9 Å². The molecule has 13 heavy (non-hydrogen) atoms. The molecule has 70 valence electrons. The fourth-order valence-corrected chi connectivity index (χ4v) is 2.54. The number of rotatable bonds is 0. The predicted octanol–water partition coefficient (Wildman–Crippen LogP) is 3.82. The highest BCUT2D eigenvalue weighted by Gasteiger charge is 2.31. The van der Waals surface area contributed by atoms with E-state index in [4.69, 9.17) is 16.3 Å². The first kappa shape index (κ1) is 9.35. The van der Waals surface area contributed by atoms with Crippen LogP contribution in [0.2, 0.25) is 5.02 Å². The van der Waals surface area contributed by atoms with Gasteiger partial charge in [-0.05, 0) is 26.0 Å². The number of halogens is 2. The van der Waals surface area contributed by atoms with E-state index in [9.17, 15) is 0 Å².